The molecule has 0 aromatic heterocycles. The van der Waals surface area contributed by atoms with Crippen molar-refractivity contribution in [2.24, 2.45) is 0 Å². The number of nitrogens with one attached hydrogen (secondary N) is 2. The Kier molecular flexibility index (Phi) is 4.78. The number of amides is 2. The molecule has 0 fully saturated rings. The molecule has 1 aliphatic heterocycles. The van der Waals surface area contributed by atoms with Gasteiger partial charge < -0.3 is 24.8 Å². The van der Waals surface area contributed by atoms with Gasteiger partial charge >= 0.3 is 11.8 Å². The van der Waals surface area contributed by atoms with E-state index in [0.29, 0.717) is 24.7 Å². The molecular weight excluding hydrogens is 264 g/mol. The summed E-state index contributed by atoms with van der Waals surface area (Å²) in [6.07, 6.45) is 0. The van der Waals surface area contributed by atoms with Gasteiger partial charge in [0.1, 0.15) is 0 Å². The molecule has 1 heterocycles. The van der Waals surface area contributed by atoms with Gasteiger partial charge in [0.25, 0.3) is 0 Å². The number of carbonyl (C=O) groups excluding carboxylic acids is 2. The van der Waals surface area contributed by atoms with Gasteiger partial charge in [-0.05, 0) is 17.7 Å². The molecule has 0 radical (unpaired) electrons. The number of methoxy groups -OCH3 is 1. The van der Waals surface area contributed by atoms with Crippen LogP contribution in [0.25, 0.3) is 0 Å². The van der Waals surface area contributed by atoms with E-state index in [1.54, 1.807) is 18.2 Å². The van der Waals surface area contributed by atoms with Gasteiger partial charge in [-0.3, -0.25) is 9.59 Å². The zero-order valence-corrected chi connectivity index (χ0v) is 11.1. The zero-order chi connectivity index (χ0) is 14.4. The number of hydrogen-bond acceptors (Lipinski definition) is 5. The lowest BCUT2D eigenvalue weighted by atomic mass is 10.2. The fraction of sp³-hybridized carbons (Fsp3) is 0.385. The van der Waals surface area contributed by atoms with Crippen molar-refractivity contribution in [2.45, 2.75) is 6.54 Å². The predicted octanol–water partition coefficient (Wildman–Crippen LogP) is -0.206. The Morgan fingerprint density at radius 1 is 1.20 bits per heavy atom. The van der Waals surface area contributed by atoms with E-state index >= 15 is 0 Å². The molecule has 20 heavy (non-hydrogen) atoms. The van der Waals surface area contributed by atoms with Crippen LogP contribution in [0.2, 0.25) is 0 Å². The molecule has 1 aliphatic rings. The van der Waals surface area contributed by atoms with E-state index in [0.717, 1.165) is 5.56 Å². The third kappa shape index (κ3) is 3.61. The Balaban J connectivity index is 1.79. The van der Waals surface area contributed by atoms with Gasteiger partial charge in [0.2, 0.25) is 6.79 Å². The molecule has 2 amide bonds. The van der Waals surface area contributed by atoms with Crippen LogP contribution in [-0.4, -0.2) is 38.9 Å². The van der Waals surface area contributed by atoms with E-state index in [2.05, 4.69) is 10.6 Å². The standard InChI is InChI=1S/C13H16N2O5/c1-18-5-4-14-12(16)13(17)15-7-9-2-3-10-11(6-9)20-8-19-10/h2-3,6H,4-5,7-8H2,1H3,(H,14,16)(H,15,17). The van der Waals surface area contributed by atoms with Gasteiger partial charge in [-0.1, -0.05) is 6.07 Å². The van der Waals surface area contributed by atoms with E-state index in [-0.39, 0.29) is 13.3 Å². The van der Waals surface area contributed by atoms with Crippen molar-refractivity contribution in [3.63, 3.8) is 0 Å². The van der Waals surface area contributed by atoms with Gasteiger partial charge in [0.05, 0.1) is 6.61 Å². The molecule has 0 bridgehead atoms. The van der Waals surface area contributed by atoms with Crippen molar-refractivity contribution in [3.8, 4) is 11.5 Å². The molecule has 2 N–H and O–H groups in total. The molecular formula is C13H16N2O5. The van der Waals surface area contributed by atoms with Crippen molar-refractivity contribution in [1.82, 2.24) is 10.6 Å². The second kappa shape index (κ2) is 6.76. The highest BCUT2D eigenvalue weighted by Gasteiger charge is 2.15. The summed E-state index contributed by atoms with van der Waals surface area (Å²) in [5.74, 6) is -0.0414. The fourth-order valence-corrected chi connectivity index (χ4v) is 1.66. The Labute approximate surface area is 116 Å². The Morgan fingerprint density at radius 2 is 1.95 bits per heavy atom. The smallest absolute Gasteiger partial charge is 0.309 e. The van der Waals surface area contributed by atoms with E-state index in [4.69, 9.17) is 14.2 Å². The lowest BCUT2D eigenvalue weighted by Gasteiger charge is -2.06. The summed E-state index contributed by atoms with van der Waals surface area (Å²) in [4.78, 5) is 22.9. The highest BCUT2D eigenvalue weighted by Crippen LogP contribution is 2.32. The van der Waals surface area contributed by atoms with Gasteiger partial charge in [0.15, 0.2) is 11.5 Å². The molecule has 1 aromatic carbocycles. The molecule has 7 heteroatoms. The minimum Gasteiger partial charge on any atom is -0.454 e. The molecule has 108 valence electrons. The van der Waals surface area contributed by atoms with Crippen LogP contribution >= 0.6 is 0 Å². The van der Waals surface area contributed by atoms with E-state index < -0.39 is 11.8 Å². The van der Waals surface area contributed by atoms with Crippen LogP contribution < -0.4 is 20.1 Å². The fourth-order valence-electron chi connectivity index (χ4n) is 1.66. The Morgan fingerprint density at radius 3 is 2.75 bits per heavy atom. The van der Waals surface area contributed by atoms with Crippen LogP contribution in [0.1, 0.15) is 5.56 Å². The summed E-state index contributed by atoms with van der Waals surface area (Å²) in [5.41, 5.74) is 0.826. The molecule has 0 atom stereocenters. The number of fused-ring (bicyclic) bond motifs is 1. The summed E-state index contributed by atoms with van der Waals surface area (Å²) >= 11 is 0. The largest absolute Gasteiger partial charge is 0.454 e. The van der Waals surface area contributed by atoms with E-state index in [1.807, 2.05) is 0 Å². The number of carbonyl (C=O) groups is 2. The first kappa shape index (κ1) is 14.1. The maximum absolute atomic E-state index is 11.5. The predicted molar refractivity (Wildman–Crippen MR) is 69.3 cm³/mol. The van der Waals surface area contributed by atoms with Crippen molar-refractivity contribution < 1.29 is 23.8 Å². The summed E-state index contributed by atoms with van der Waals surface area (Å²) in [6, 6.07) is 5.34. The highest BCUT2D eigenvalue weighted by molar-refractivity contribution is 6.35. The topological polar surface area (TPSA) is 85.9 Å². The van der Waals surface area contributed by atoms with Crippen molar-refractivity contribution in [1.29, 1.82) is 0 Å². The first-order valence-electron chi connectivity index (χ1n) is 6.14. The molecule has 0 saturated carbocycles. The third-order valence-corrected chi connectivity index (χ3v) is 2.69. The average molecular weight is 280 g/mol. The summed E-state index contributed by atoms with van der Waals surface area (Å²) in [7, 11) is 1.52. The average Bonchev–Trinajstić information content (AvgIpc) is 2.92. The summed E-state index contributed by atoms with van der Waals surface area (Å²) in [6.45, 7) is 1.11. The molecule has 7 nitrogen and oxygen atoms in total. The SMILES string of the molecule is COCCNC(=O)C(=O)NCc1ccc2c(c1)OCO2. The number of benzene rings is 1. The van der Waals surface area contributed by atoms with E-state index in [1.165, 1.54) is 7.11 Å². The molecule has 0 spiro atoms. The van der Waals surface area contributed by atoms with Crippen LogP contribution in [0, 0.1) is 0 Å². The van der Waals surface area contributed by atoms with Crippen LogP contribution in [-0.2, 0) is 20.9 Å². The van der Waals surface area contributed by atoms with Crippen molar-refractivity contribution in [2.75, 3.05) is 27.1 Å². The molecule has 0 unspecified atom stereocenters. The third-order valence-electron chi connectivity index (χ3n) is 2.69. The second-order valence-corrected chi connectivity index (χ2v) is 4.12. The van der Waals surface area contributed by atoms with Crippen LogP contribution in [0.15, 0.2) is 18.2 Å². The van der Waals surface area contributed by atoms with E-state index in [9.17, 15) is 9.59 Å². The Bertz CT molecular complexity index is 504. The number of rotatable bonds is 5. The van der Waals surface area contributed by atoms with Gasteiger partial charge in [0, 0.05) is 20.2 Å². The Hall–Kier alpha value is -2.28. The molecule has 0 saturated heterocycles. The first-order chi connectivity index (χ1) is 9.70. The zero-order valence-electron chi connectivity index (χ0n) is 11.1. The van der Waals surface area contributed by atoms with Crippen LogP contribution in [0.3, 0.4) is 0 Å². The van der Waals surface area contributed by atoms with Crippen molar-refractivity contribution in [3.05, 3.63) is 23.8 Å². The summed E-state index contributed by atoms with van der Waals surface area (Å²) < 4.78 is 15.2. The molecule has 1 aromatic rings. The number of hydrogen-bond donors (Lipinski definition) is 2. The summed E-state index contributed by atoms with van der Waals surface area (Å²) in [5, 5.41) is 4.97. The normalized spacial score (nSPS) is 12.1. The minimum absolute atomic E-state index is 0.201. The maximum Gasteiger partial charge on any atom is 0.309 e. The maximum atomic E-state index is 11.5. The lowest BCUT2D eigenvalue weighted by molar-refractivity contribution is -0.139. The quantitative estimate of drug-likeness (QED) is 0.576. The monoisotopic (exact) mass is 280 g/mol. The highest BCUT2D eigenvalue weighted by atomic mass is 16.7. The minimum atomic E-state index is -0.682. The van der Waals surface area contributed by atoms with Crippen LogP contribution in [0.4, 0.5) is 0 Å². The first-order valence-corrected chi connectivity index (χ1v) is 6.14. The van der Waals surface area contributed by atoms with Gasteiger partial charge in [-0.15, -0.1) is 0 Å². The van der Waals surface area contributed by atoms with Crippen molar-refractivity contribution >= 4 is 11.8 Å². The second-order valence-electron chi connectivity index (χ2n) is 4.12. The lowest BCUT2D eigenvalue weighted by Crippen LogP contribution is -2.40. The number of ether oxygens (including phenoxy) is 3. The van der Waals surface area contributed by atoms with Gasteiger partial charge in [-0.25, -0.2) is 0 Å². The van der Waals surface area contributed by atoms with Crippen LogP contribution in [0.5, 0.6) is 11.5 Å². The molecule has 0 aliphatic carbocycles. The molecule has 2 rings (SSSR count). The van der Waals surface area contributed by atoms with Gasteiger partial charge in [-0.2, -0.15) is 0 Å².